The second-order valence-corrected chi connectivity index (χ2v) is 7.24. The summed E-state index contributed by atoms with van der Waals surface area (Å²) >= 11 is 1.51. The van der Waals surface area contributed by atoms with Crippen LogP contribution in [0.5, 0.6) is 0 Å². The molecule has 3 rings (SSSR count). The lowest BCUT2D eigenvalue weighted by molar-refractivity contribution is -0.898. The molecule has 6 heteroatoms. The molecule has 23 heavy (non-hydrogen) atoms. The van der Waals surface area contributed by atoms with Crippen LogP contribution in [0.25, 0.3) is 0 Å². The molecule has 1 aromatic carbocycles. The fourth-order valence-corrected chi connectivity index (χ4v) is 3.95. The third-order valence-corrected chi connectivity index (χ3v) is 5.52. The van der Waals surface area contributed by atoms with E-state index in [0.29, 0.717) is 17.9 Å². The van der Waals surface area contributed by atoms with Crippen LogP contribution in [0.2, 0.25) is 0 Å². The molecule has 1 aromatic rings. The molecular formula is C17H24N3O2S+. The highest BCUT2D eigenvalue weighted by Crippen LogP contribution is 2.31. The van der Waals surface area contributed by atoms with E-state index < -0.39 is 0 Å². The fourth-order valence-electron chi connectivity index (χ4n) is 3.16. The topological polar surface area (TPSA) is 62.6 Å². The van der Waals surface area contributed by atoms with Crippen molar-refractivity contribution in [3.05, 3.63) is 23.8 Å². The van der Waals surface area contributed by atoms with Gasteiger partial charge in [-0.15, -0.1) is 11.8 Å². The summed E-state index contributed by atoms with van der Waals surface area (Å²) in [6, 6.07) is 5.51. The SMILES string of the molecule is O=C1CSc2ccc(C(=O)NCC[NH+]3CCCCCC3)cc2N1. The van der Waals surface area contributed by atoms with Crippen molar-refractivity contribution in [2.45, 2.75) is 30.6 Å². The number of nitrogens with one attached hydrogen (secondary N) is 3. The zero-order chi connectivity index (χ0) is 16.1. The third-order valence-electron chi connectivity index (χ3n) is 4.45. The first-order valence-electron chi connectivity index (χ1n) is 8.41. The summed E-state index contributed by atoms with van der Waals surface area (Å²) in [6.45, 7) is 4.13. The molecule has 2 amide bonds. The molecule has 0 aliphatic carbocycles. The molecule has 1 saturated heterocycles. The van der Waals surface area contributed by atoms with Crippen molar-refractivity contribution >= 4 is 29.3 Å². The first kappa shape index (κ1) is 16.3. The molecule has 0 bridgehead atoms. The van der Waals surface area contributed by atoms with Crippen LogP contribution in [0, 0.1) is 0 Å². The van der Waals surface area contributed by atoms with Gasteiger partial charge in [0.1, 0.15) is 0 Å². The van der Waals surface area contributed by atoms with Crippen molar-refractivity contribution in [2.75, 3.05) is 37.2 Å². The molecule has 5 nitrogen and oxygen atoms in total. The van der Waals surface area contributed by atoms with E-state index in [1.807, 2.05) is 12.1 Å². The van der Waals surface area contributed by atoms with Gasteiger partial charge in [0.15, 0.2) is 0 Å². The Morgan fingerprint density at radius 3 is 2.78 bits per heavy atom. The molecule has 3 N–H and O–H groups in total. The predicted octanol–water partition coefficient (Wildman–Crippen LogP) is 0.919. The standard InChI is InChI=1S/C17H23N3O2S/c21-16-12-23-15-6-5-13(11-14(15)19-16)17(22)18-7-10-20-8-3-1-2-4-9-20/h5-6,11H,1-4,7-10,12H2,(H,18,22)(H,19,21)/p+1. The van der Waals surface area contributed by atoms with Crippen molar-refractivity contribution < 1.29 is 14.5 Å². The number of hydrogen-bond donors (Lipinski definition) is 3. The molecule has 1 fully saturated rings. The fraction of sp³-hybridized carbons (Fsp3) is 0.529. The molecule has 0 atom stereocenters. The van der Waals surface area contributed by atoms with Gasteiger partial charge in [0.25, 0.3) is 5.91 Å². The summed E-state index contributed by atoms with van der Waals surface area (Å²) in [5.41, 5.74) is 1.36. The number of likely N-dealkylation sites (tertiary alicyclic amines) is 1. The molecule has 0 aromatic heterocycles. The van der Waals surface area contributed by atoms with Gasteiger partial charge in [0.2, 0.25) is 5.91 Å². The van der Waals surface area contributed by atoms with Gasteiger partial charge in [-0.25, -0.2) is 0 Å². The molecule has 0 saturated carbocycles. The van der Waals surface area contributed by atoms with Gasteiger partial charge in [-0.3, -0.25) is 9.59 Å². The number of quaternary nitrogens is 1. The van der Waals surface area contributed by atoms with E-state index in [-0.39, 0.29) is 11.8 Å². The van der Waals surface area contributed by atoms with Gasteiger partial charge in [0, 0.05) is 10.5 Å². The number of carbonyl (C=O) groups is 2. The minimum absolute atomic E-state index is 0.00942. The first-order chi connectivity index (χ1) is 11.2. The first-order valence-corrected chi connectivity index (χ1v) is 9.39. The zero-order valence-corrected chi connectivity index (χ0v) is 14.1. The van der Waals surface area contributed by atoms with Crippen LogP contribution in [0.4, 0.5) is 5.69 Å². The number of carbonyl (C=O) groups excluding carboxylic acids is 2. The van der Waals surface area contributed by atoms with E-state index in [1.165, 1.54) is 50.5 Å². The molecule has 2 aliphatic heterocycles. The Balaban J connectivity index is 1.52. The summed E-state index contributed by atoms with van der Waals surface area (Å²) in [4.78, 5) is 26.3. The van der Waals surface area contributed by atoms with E-state index in [4.69, 9.17) is 0 Å². The monoisotopic (exact) mass is 334 g/mol. The van der Waals surface area contributed by atoms with Crippen LogP contribution in [0.3, 0.4) is 0 Å². The van der Waals surface area contributed by atoms with Crippen molar-refractivity contribution in [3.8, 4) is 0 Å². The van der Waals surface area contributed by atoms with E-state index in [1.54, 1.807) is 11.0 Å². The smallest absolute Gasteiger partial charge is 0.251 e. The highest BCUT2D eigenvalue weighted by atomic mass is 32.2. The largest absolute Gasteiger partial charge is 0.346 e. The summed E-state index contributed by atoms with van der Waals surface area (Å²) in [6.07, 6.45) is 5.28. The average molecular weight is 334 g/mol. The van der Waals surface area contributed by atoms with Gasteiger partial charge in [-0.2, -0.15) is 0 Å². The number of anilines is 1. The maximum absolute atomic E-state index is 12.3. The maximum Gasteiger partial charge on any atom is 0.251 e. The Labute approximate surface area is 141 Å². The molecule has 124 valence electrons. The molecule has 0 unspecified atom stereocenters. The summed E-state index contributed by atoms with van der Waals surface area (Å²) in [5, 5.41) is 5.83. The van der Waals surface area contributed by atoms with Crippen LogP contribution >= 0.6 is 11.8 Å². The lowest BCUT2D eigenvalue weighted by Gasteiger charge is -2.18. The molecule has 0 radical (unpaired) electrons. The second kappa shape index (κ2) is 7.84. The normalized spacial score (nSPS) is 18.7. The number of fused-ring (bicyclic) bond motifs is 1. The number of rotatable bonds is 4. The van der Waals surface area contributed by atoms with Crippen molar-refractivity contribution in [1.82, 2.24) is 5.32 Å². The predicted molar refractivity (Wildman–Crippen MR) is 92.2 cm³/mol. The Morgan fingerprint density at radius 1 is 1.22 bits per heavy atom. The molecule has 2 heterocycles. The lowest BCUT2D eigenvalue weighted by Crippen LogP contribution is -3.12. The van der Waals surface area contributed by atoms with Crippen LogP contribution in [0.1, 0.15) is 36.0 Å². The Bertz CT molecular complexity index is 583. The van der Waals surface area contributed by atoms with Gasteiger partial charge in [0.05, 0.1) is 37.6 Å². The van der Waals surface area contributed by atoms with Gasteiger partial charge >= 0.3 is 0 Å². The van der Waals surface area contributed by atoms with Crippen LogP contribution in [-0.4, -0.2) is 43.7 Å². The van der Waals surface area contributed by atoms with Gasteiger partial charge in [-0.05, 0) is 43.9 Å². The number of benzene rings is 1. The third kappa shape index (κ3) is 4.48. The number of hydrogen-bond acceptors (Lipinski definition) is 3. The Kier molecular flexibility index (Phi) is 5.56. The van der Waals surface area contributed by atoms with Crippen molar-refractivity contribution in [3.63, 3.8) is 0 Å². The van der Waals surface area contributed by atoms with E-state index in [9.17, 15) is 9.59 Å². The van der Waals surface area contributed by atoms with Crippen molar-refractivity contribution in [1.29, 1.82) is 0 Å². The molecular weight excluding hydrogens is 310 g/mol. The maximum atomic E-state index is 12.3. The quantitative estimate of drug-likeness (QED) is 0.767. The highest BCUT2D eigenvalue weighted by molar-refractivity contribution is 8.00. The van der Waals surface area contributed by atoms with Gasteiger partial charge in [-0.1, -0.05) is 0 Å². The molecule has 2 aliphatic rings. The van der Waals surface area contributed by atoms with E-state index in [2.05, 4.69) is 10.6 Å². The van der Waals surface area contributed by atoms with Crippen LogP contribution < -0.4 is 15.5 Å². The van der Waals surface area contributed by atoms with Crippen molar-refractivity contribution in [2.24, 2.45) is 0 Å². The number of thioether (sulfide) groups is 1. The summed E-state index contributed by atoms with van der Waals surface area (Å²) in [7, 11) is 0. The lowest BCUT2D eigenvalue weighted by atomic mass is 10.2. The van der Waals surface area contributed by atoms with E-state index >= 15 is 0 Å². The average Bonchev–Trinajstić information content (AvgIpc) is 2.83. The Hall–Kier alpha value is -1.53. The summed E-state index contributed by atoms with van der Waals surface area (Å²) < 4.78 is 0. The second-order valence-electron chi connectivity index (χ2n) is 6.22. The number of amides is 2. The Morgan fingerprint density at radius 2 is 2.00 bits per heavy atom. The van der Waals surface area contributed by atoms with E-state index in [0.717, 1.165) is 17.1 Å². The van der Waals surface area contributed by atoms with Gasteiger partial charge < -0.3 is 15.5 Å². The van der Waals surface area contributed by atoms with Crippen LogP contribution in [-0.2, 0) is 4.79 Å². The minimum atomic E-state index is -0.0631. The van der Waals surface area contributed by atoms with Crippen LogP contribution in [0.15, 0.2) is 23.1 Å². The molecule has 0 spiro atoms. The highest BCUT2D eigenvalue weighted by Gasteiger charge is 2.17. The minimum Gasteiger partial charge on any atom is -0.346 e. The zero-order valence-electron chi connectivity index (χ0n) is 13.3. The summed E-state index contributed by atoms with van der Waals surface area (Å²) in [5.74, 6) is 0.369.